The van der Waals surface area contributed by atoms with Crippen molar-refractivity contribution in [1.82, 2.24) is 15.4 Å². The quantitative estimate of drug-likeness (QED) is 0.902. The van der Waals surface area contributed by atoms with Gasteiger partial charge in [-0.05, 0) is 30.5 Å². The molecule has 1 saturated heterocycles. The van der Waals surface area contributed by atoms with Gasteiger partial charge in [-0.15, -0.1) is 12.4 Å². The number of halogens is 2. The summed E-state index contributed by atoms with van der Waals surface area (Å²) >= 11 is 6.10. The zero-order valence-electron chi connectivity index (χ0n) is 13.1. The molecule has 1 aliphatic carbocycles. The third kappa shape index (κ3) is 3.43. The highest BCUT2D eigenvalue weighted by Crippen LogP contribution is 2.40. The van der Waals surface area contributed by atoms with Crippen LogP contribution < -0.4 is 5.32 Å². The lowest BCUT2D eigenvalue weighted by Crippen LogP contribution is -2.48. The fourth-order valence-electron chi connectivity index (χ4n) is 3.06. The number of rotatable bonds is 3. The Labute approximate surface area is 151 Å². The Morgan fingerprint density at radius 3 is 2.92 bits per heavy atom. The van der Waals surface area contributed by atoms with Gasteiger partial charge in [-0.1, -0.05) is 28.9 Å². The van der Waals surface area contributed by atoms with E-state index in [-0.39, 0.29) is 24.4 Å². The van der Waals surface area contributed by atoms with Gasteiger partial charge in [-0.25, -0.2) is 0 Å². The van der Waals surface area contributed by atoms with E-state index in [0.717, 1.165) is 30.7 Å². The number of carbonyl (C=O) groups is 1. The first-order valence-electron chi connectivity index (χ1n) is 7.96. The van der Waals surface area contributed by atoms with E-state index in [2.05, 4.69) is 10.5 Å². The van der Waals surface area contributed by atoms with Gasteiger partial charge in [0.25, 0.3) is 5.91 Å². The van der Waals surface area contributed by atoms with Crippen molar-refractivity contribution in [3.8, 4) is 0 Å². The summed E-state index contributed by atoms with van der Waals surface area (Å²) in [6, 6.07) is 9.43. The first-order valence-corrected chi connectivity index (χ1v) is 8.34. The molecule has 1 unspecified atom stereocenters. The van der Waals surface area contributed by atoms with E-state index in [1.807, 2.05) is 29.2 Å². The summed E-state index contributed by atoms with van der Waals surface area (Å²) in [5, 5.41) is 8.01. The Bertz CT molecular complexity index is 730. The molecule has 7 heteroatoms. The molecule has 0 radical (unpaired) electrons. The van der Waals surface area contributed by atoms with Gasteiger partial charge in [-0.2, -0.15) is 0 Å². The highest BCUT2D eigenvalue weighted by Gasteiger charge is 2.33. The topological polar surface area (TPSA) is 58.4 Å². The van der Waals surface area contributed by atoms with Crippen molar-refractivity contribution in [3.05, 3.63) is 52.4 Å². The Kier molecular flexibility index (Phi) is 5.13. The lowest BCUT2D eigenvalue weighted by molar-refractivity contribution is 0.0623. The molecule has 0 bridgehead atoms. The maximum absolute atomic E-state index is 12.9. The van der Waals surface area contributed by atoms with Gasteiger partial charge in [0.15, 0.2) is 5.69 Å². The van der Waals surface area contributed by atoms with Crippen molar-refractivity contribution in [3.63, 3.8) is 0 Å². The lowest BCUT2D eigenvalue weighted by Gasteiger charge is -2.36. The molecule has 2 fully saturated rings. The Morgan fingerprint density at radius 1 is 1.33 bits per heavy atom. The predicted molar refractivity (Wildman–Crippen MR) is 93.8 cm³/mol. The molecule has 1 saturated carbocycles. The van der Waals surface area contributed by atoms with Crippen LogP contribution in [-0.4, -0.2) is 35.6 Å². The zero-order chi connectivity index (χ0) is 15.8. The normalized spacial score (nSPS) is 20.5. The van der Waals surface area contributed by atoms with E-state index in [4.69, 9.17) is 16.1 Å². The van der Waals surface area contributed by atoms with Crippen molar-refractivity contribution in [2.75, 3.05) is 19.6 Å². The molecular weight excluding hydrogens is 349 g/mol. The number of nitrogens with one attached hydrogen (secondary N) is 1. The number of hydrogen-bond acceptors (Lipinski definition) is 4. The van der Waals surface area contributed by atoms with E-state index < -0.39 is 0 Å². The van der Waals surface area contributed by atoms with Crippen molar-refractivity contribution in [1.29, 1.82) is 0 Å². The van der Waals surface area contributed by atoms with Gasteiger partial charge in [-0.3, -0.25) is 4.79 Å². The maximum atomic E-state index is 12.9. The van der Waals surface area contributed by atoms with Gasteiger partial charge >= 0.3 is 0 Å². The molecule has 1 amide bonds. The van der Waals surface area contributed by atoms with Crippen LogP contribution in [0.5, 0.6) is 0 Å². The van der Waals surface area contributed by atoms with Crippen LogP contribution in [0.3, 0.4) is 0 Å². The Hall–Kier alpha value is -1.56. The van der Waals surface area contributed by atoms with Gasteiger partial charge in [0.2, 0.25) is 0 Å². The maximum Gasteiger partial charge on any atom is 0.276 e. The monoisotopic (exact) mass is 367 g/mol. The summed E-state index contributed by atoms with van der Waals surface area (Å²) in [6.07, 6.45) is 2.25. The van der Waals surface area contributed by atoms with Gasteiger partial charge in [0.1, 0.15) is 5.76 Å². The average Bonchev–Trinajstić information content (AvgIpc) is 3.31. The summed E-state index contributed by atoms with van der Waals surface area (Å²) in [4.78, 5) is 14.7. The van der Waals surface area contributed by atoms with Crippen LogP contribution in [0.1, 0.15) is 46.6 Å². The first-order chi connectivity index (χ1) is 11.2. The molecule has 2 aromatic rings. The molecule has 1 aliphatic heterocycles. The number of hydrogen-bond donors (Lipinski definition) is 1. The molecule has 4 rings (SSSR count). The number of amides is 1. The molecule has 2 aliphatic rings. The van der Waals surface area contributed by atoms with E-state index in [9.17, 15) is 4.79 Å². The van der Waals surface area contributed by atoms with Crippen LogP contribution in [0.15, 0.2) is 34.9 Å². The van der Waals surface area contributed by atoms with Crippen molar-refractivity contribution >= 4 is 29.9 Å². The van der Waals surface area contributed by atoms with E-state index in [0.29, 0.717) is 29.7 Å². The predicted octanol–water partition coefficient (Wildman–Crippen LogP) is 3.41. The summed E-state index contributed by atoms with van der Waals surface area (Å²) in [6.45, 7) is 2.12. The second-order valence-electron chi connectivity index (χ2n) is 6.16. The average molecular weight is 368 g/mol. The highest BCUT2D eigenvalue weighted by atomic mass is 35.5. The van der Waals surface area contributed by atoms with Gasteiger partial charge in [0.05, 0.1) is 6.04 Å². The largest absolute Gasteiger partial charge is 0.360 e. The van der Waals surface area contributed by atoms with Crippen LogP contribution in [0, 0.1) is 0 Å². The van der Waals surface area contributed by atoms with Crippen LogP contribution in [0.4, 0.5) is 0 Å². The summed E-state index contributed by atoms with van der Waals surface area (Å²) in [7, 11) is 0. The van der Waals surface area contributed by atoms with Crippen molar-refractivity contribution in [2.24, 2.45) is 0 Å². The van der Waals surface area contributed by atoms with Crippen LogP contribution in [-0.2, 0) is 0 Å². The fraction of sp³-hybridized carbons (Fsp3) is 0.412. The third-order valence-corrected chi connectivity index (χ3v) is 4.70. The molecule has 1 atom stereocenters. The van der Waals surface area contributed by atoms with E-state index >= 15 is 0 Å². The molecule has 128 valence electrons. The number of benzene rings is 1. The number of carbonyl (C=O) groups excluding carboxylic acids is 1. The summed E-state index contributed by atoms with van der Waals surface area (Å²) < 4.78 is 5.33. The minimum atomic E-state index is -0.0767. The van der Waals surface area contributed by atoms with E-state index in [1.165, 1.54) is 0 Å². The molecule has 2 heterocycles. The van der Waals surface area contributed by atoms with Crippen LogP contribution in [0.2, 0.25) is 5.02 Å². The number of nitrogens with zero attached hydrogens (tertiary/aromatic N) is 2. The minimum Gasteiger partial charge on any atom is -0.360 e. The zero-order valence-corrected chi connectivity index (χ0v) is 14.6. The first kappa shape index (κ1) is 17.3. The minimum absolute atomic E-state index is 0. The number of aromatic nitrogens is 1. The lowest BCUT2D eigenvalue weighted by atomic mass is 10.0. The SMILES string of the molecule is Cl.O=C(c1cc(C2CC2)on1)N1CCNCC1c1cccc(Cl)c1. The summed E-state index contributed by atoms with van der Waals surface area (Å²) in [5.74, 6) is 1.21. The third-order valence-electron chi connectivity index (χ3n) is 4.46. The molecular formula is C17H19Cl2N3O2. The number of piperazine rings is 1. The summed E-state index contributed by atoms with van der Waals surface area (Å²) in [5.41, 5.74) is 1.43. The fourth-order valence-corrected chi connectivity index (χ4v) is 3.26. The standard InChI is InChI=1S/C17H18ClN3O2.ClH/c18-13-3-1-2-12(8-13)15-10-19-6-7-21(15)17(22)14-9-16(23-20-14)11-4-5-11;/h1-3,8-9,11,15,19H,4-7,10H2;1H. The second-order valence-corrected chi connectivity index (χ2v) is 6.60. The Morgan fingerprint density at radius 2 is 2.17 bits per heavy atom. The van der Waals surface area contributed by atoms with Crippen molar-refractivity contribution < 1.29 is 9.32 Å². The molecule has 0 spiro atoms. The second kappa shape index (κ2) is 7.13. The molecule has 1 aromatic heterocycles. The molecule has 5 nitrogen and oxygen atoms in total. The smallest absolute Gasteiger partial charge is 0.276 e. The van der Waals surface area contributed by atoms with Crippen molar-refractivity contribution in [2.45, 2.75) is 24.8 Å². The molecule has 1 N–H and O–H groups in total. The van der Waals surface area contributed by atoms with Crippen LogP contribution in [0.25, 0.3) is 0 Å². The van der Waals surface area contributed by atoms with Gasteiger partial charge in [0, 0.05) is 36.6 Å². The van der Waals surface area contributed by atoms with E-state index in [1.54, 1.807) is 6.07 Å². The molecule has 24 heavy (non-hydrogen) atoms. The Balaban J connectivity index is 0.00000169. The molecule has 1 aromatic carbocycles. The van der Waals surface area contributed by atoms with Crippen LogP contribution >= 0.6 is 24.0 Å². The highest BCUT2D eigenvalue weighted by molar-refractivity contribution is 6.30. The van der Waals surface area contributed by atoms with Gasteiger partial charge < -0.3 is 14.7 Å².